The van der Waals surface area contributed by atoms with Gasteiger partial charge in [-0.1, -0.05) is 0 Å². The molecule has 0 saturated carbocycles. The fourth-order valence-corrected chi connectivity index (χ4v) is 0. The summed E-state index contributed by atoms with van der Waals surface area (Å²) < 4.78 is 9.67. The average Bonchev–Trinajstić information content (AvgIpc) is 0.811. The van der Waals surface area contributed by atoms with Gasteiger partial charge >= 0.3 is 40.5 Å². The van der Waals surface area contributed by atoms with E-state index >= 15 is 0 Å². The Labute approximate surface area is 65.0 Å². The van der Waals surface area contributed by atoms with Gasteiger partial charge in [0, 0.05) is 0 Å². The molecule has 0 aliphatic rings. The Bertz CT molecular complexity index is 36.5. The van der Waals surface area contributed by atoms with Gasteiger partial charge in [-0.25, -0.2) is 0 Å². The van der Waals surface area contributed by atoms with Gasteiger partial charge in [-0.3, -0.25) is 0 Å². The molecule has 0 aliphatic carbocycles. The molecule has 6 heavy (non-hydrogen) atoms. The van der Waals surface area contributed by atoms with Crippen molar-refractivity contribution in [1.82, 2.24) is 0 Å². The van der Waals surface area contributed by atoms with Gasteiger partial charge < -0.3 is 0 Å². The third-order valence-corrected chi connectivity index (χ3v) is 0. The first-order valence-corrected chi connectivity index (χ1v) is 6.55. The summed E-state index contributed by atoms with van der Waals surface area (Å²) in [6.07, 6.45) is 0. The summed E-state index contributed by atoms with van der Waals surface area (Å²) in [4.78, 5) is 0. The second-order valence-corrected chi connectivity index (χ2v) is 6.86. The van der Waals surface area contributed by atoms with E-state index in [1.807, 2.05) is 0 Å². The normalized spacial score (nSPS) is 10.0. The monoisotopic (exact) mass is 225 g/mol. The zero-order chi connectivity index (χ0) is 3.58. The Hall–Kier alpha value is 1.69. The van der Waals surface area contributed by atoms with Gasteiger partial charge in [0.05, 0.1) is 0 Å². The van der Waals surface area contributed by atoms with Crippen LogP contribution < -0.4 is 0 Å². The molecule has 0 fully saturated rings. The van der Waals surface area contributed by atoms with Gasteiger partial charge in [-0.15, -0.1) is 24.8 Å². The Morgan fingerprint density at radius 3 is 1.50 bits per heavy atom. The third-order valence-electron chi connectivity index (χ3n) is 0. The van der Waals surface area contributed by atoms with Crippen molar-refractivity contribution >= 4 is 29.9 Å². The third kappa shape index (κ3) is 43.7. The topological polar surface area (TPSA) is 17.1 Å². The molecule has 1 nitrogen and oxygen atoms in total. The molecule has 5 heteroatoms. The van der Waals surface area contributed by atoms with Crippen LogP contribution in [0.1, 0.15) is 0 Å². The zero-order valence-electron chi connectivity index (χ0n) is 3.22. The minimum Gasteiger partial charge on any atom is -0.147 e. The van der Waals surface area contributed by atoms with Crippen molar-refractivity contribution < 1.29 is 28.7 Å². The molecule has 0 heterocycles. The second-order valence-electron chi connectivity index (χ2n) is 0.556. The van der Waals surface area contributed by atoms with Crippen LogP contribution in [0, 0.1) is 0 Å². The van der Waals surface area contributed by atoms with E-state index in [0.717, 1.165) is 0 Å². The van der Waals surface area contributed by atoms with E-state index in [0.29, 0.717) is 0 Å². The van der Waals surface area contributed by atoms with Crippen molar-refractivity contribution in [2.24, 2.45) is 0 Å². The molecule has 1 unspecified atom stereocenters. The first-order valence-electron chi connectivity index (χ1n) is 0.954. The molecule has 0 rings (SSSR count). The fourth-order valence-electron chi connectivity index (χ4n) is 0. The minimum atomic E-state index is -1.04. The fraction of sp³-hybridized carbons (Fsp3) is 1.00. The molecule has 0 aromatic carbocycles. The molecule has 0 aliphatic heterocycles. The SMILES string of the molecule is C[PH](=O)[Zr].Cl.Cl. The first-order chi connectivity index (χ1) is 1.73. The summed E-state index contributed by atoms with van der Waals surface area (Å²) in [6.45, 7) is 1.75. The van der Waals surface area contributed by atoms with Crippen LogP contribution in [0.25, 0.3) is 0 Å². The molecule has 0 N–H and O–H groups in total. The number of halogens is 2. The Morgan fingerprint density at radius 1 is 1.50 bits per heavy atom. The summed E-state index contributed by atoms with van der Waals surface area (Å²) in [6, 6.07) is 0. The van der Waals surface area contributed by atoms with E-state index in [1.165, 1.54) is 24.1 Å². The zero-order valence-corrected chi connectivity index (χ0v) is 8.32. The van der Waals surface area contributed by atoms with Crippen LogP contribution in [-0.4, -0.2) is 6.66 Å². The molecule has 39 valence electrons. The molecule has 0 saturated heterocycles. The standard InChI is InChI=1S/CH3OP.2ClH.Zr/c1-3-2;;;/h1H3;2*1H;/q;;;-1/p+1. The predicted octanol–water partition coefficient (Wildman–Crippen LogP) is 1.48. The second kappa shape index (κ2) is 9.85. The van der Waals surface area contributed by atoms with Crippen LogP contribution >= 0.6 is 29.9 Å². The maximum absolute atomic E-state index is 9.67. The van der Waals surface area contributed by atoms with Gasteiger partial charge in [-0.05, 0) is 0 Å². The molecule has 0 radical (unpaired) electrons. The molecule has 1 atom stereocenters. The van der Waals surface area contributed by atoms with E-state index in [1.54, 1.807) is 6.66 Å². The molecular formula is CH6Cl2OPZr. The van der Waals surface area contributed by atoms with Crippen molar-refractivity contribution in [3.8, 4) is 0 Å². The Kier molecular flexibility index (Phi) is 25.7. The van der Waals surface area contributed by atoms with Crippen LogP contribution in [0.4, 0.5) is 0 Å². The summed E-state index contributed by atoms with van der Waals surface area (Å²) in [5.74, 6) is 0. The molecular weight excluding hydrogens is 221 g/mol. The van der Waals surface area contributed by atoms with Crippen molar-refractivity contribution in [3.63, 3.8) is 0 Å². The van der Waals surface area contributed by atoms with Gasteiger partial charge in [-0.2, -0.15) is 0 Å². The van der Waals surface area contributed by atoms with Gasteiger partial charge in [0.25, 0.3) is 0 Å². The number of hydrogen-bond acceptors (Lipinski definition) is 1. The molecule has 0 aromatic heterocycles. The van der Waals surface area contributed by atoms with E-state index in [4.69, 9.17) is 0 Å². The van der Waals surface area contributed by atoms with E-state index in [2.05, 4.69) is 0 Å². The van der Waals surface area contributed by atoms with Crippen molar-refractivity contribution in [2.75, 3.05) is 6.66 Å². The summed E-state index contributed by atoms with van der Waals surface area (Å²) >= 11 is 1.18. The minimum absolute atomic E-state index is 0. The van der Waals surface area contributed by atoms with Crippen molar-refractivity contribution in [1.29, 1.82) is 0 Å². The van der Waals surface area contributed by atoms with Crippen LogP contribution in [0.5, 0.6) is 0 Å². The molecule has 0 aromatic rings. The quantitative estimate of drug-likeness (QED) is 0.573. The Morgan fingerprint density at radius 2 is 1.50 bits per heavy atom. The van der Waals surface area contributed by atoms with E-state index in [-0.39, 0.29) is 24.8 Å². The maximum Gasteiger partial charge on any atom is -0.147 e. The largest absolute Gasteiger partial charge is 0.147 e. The van der Waals surface area contributed by atoms with Gasteiger partial charge in [0.2, 0.25) is 0 Å². The van der Waals surface area contributed by atoms with Crippen molar-refractivity contribution in [2.45, 2.75) is 0 Å². The number of rotatable bonds is 0. The van der Waals surface area contributed by atoms with E-state index in [9.17, 15) is 4.57 Å². The summed E-state index contributed by atoms with van der Waals surface area (Å²) in [5, 5.41) is -1.04. The van der Waals surface area contributed by atoms with Crippen LogP contribution in [-0.2, 0) is 28.7 Å². The summed E-state index contributed by atoms with van der Waals surface area (Å²) in [7, 11) is 0. The van der Waals surface area contributed by atoms with Crippen LogP contribution in [0.2, 0.25) is 0 Å². The van der Waals surface area contributed by atoms with Gasteiger partial charge in [0.15, 0.2) is 0 Å². The molecule has 0 amide bonds. The maximum atomic E-state index is 9.67. The van der Waals surface area contributed by atoms with Crippen molar-refractivity contribution in [3.05, 3.63) is 0 Å². The van der Waals surface area contributed by atoms with E-state index < -0.39 is 5.09 Å². The van der Waals surface area contributed by atoms with Gasteiger partial charge in [0.1, 0.15) is 0 Å². The predicted molar refractivity (Wildman–Crippen MR) is 29.4 cm³/mol. The molecule has 0 bridgehead atoms. The average molecular weight is 227 g/mol. The summed E-state index contributed by atoms with van der Waals surface area (Å²) in [5.41, 5.74) is 0. The number of hydrogen-bond donors (Lipinski definition) is 0. The molecule has 0 spiro atoms. The van der Waals surface area contributed by atoms with Crippen LogP contribution in [0.15, 0.2) is 0 Å². The van der Waals surface area contributed by atoms with Crippen LogP contribution in [0.3, 0.4) is 0 Å². The Balaban J connectivity index is -0.0000000450. The first kappa shape index (κ1) is 15.6. The smallest absolute Gasteiger partial charge is 0.147 e.